The first-order valence-electron chi connectivity index (χ1n) is 13.4. The molecule has 1 aliphatic heterocycles. The number of aliphatic hydroxyl groups excluding tert-OH is 1. The highest BCUT2D eigenvalue weighted by Crippen LogP contribution is 2.36. The van der Waals surface area contributed by atoms with Gasteiger partial charge in [-0.3, -0.25) is 4.79 Å². The molecule has 3 N–H and O–H groups in total. The average Bonchev–Trinajstić information content (AvgIpc) is 3.38. The van der Waals surface area contributed by atoms with Crippen LogP contribution in [0.1, 0.15) is 70.0 Å². The van der Waals surface area contributed by atoms with E-state index in [1.54, 1.807) is 20.8 Å². The molecular weight excluding hydrogens is 502 g/mol. The summed E-state index contributed by atoms with van der Waals surface area (Å²) in [4.78, 5) is 41.5. The summed E-state index contributed by atoms with van der Waals surface area (Å²) in [5.41, 5.74) is 1.18. The Labute approximate surface area is 229 Å². The quantitative estimate of drug-likeness (QED) is 0.417. The highest BCUT2D eigenvalue weighted by molar-refractivity contribution is 5.90. The molecule has 0 spiro atoms. The lowest BCUT2D eigenvalue weighted by Crippen LogP contribution is -2.62. The number of hydrogen-bond donors (Lipinski definition) is 3. The molecule has 214 valence electrons. The number of urea groups is 1. The number of aromatic nitrogens is 1. The fraction of sp³-hybridized carbons (Fsp3) is 0.571. The lowest BCUT2D eigenvalue weighted by Gasteiger charge is -2.44. The van der Waals surface area contributed by atoms with Gasteiger partial charge in [0.05, 0.1) is 18.1 Å². The van der Waals surface area contributed by atoms with Crippen molar-refractivity contribution in [2.45, 2.75) is 85.0 Å². The van der Waals surface area contributed by atoms with E-state index < -0.39 is 41.6 Å². The van der Waals surface area contributed by atoms with Crippen molar-refractivity contribution in [3.05, 3.63) is 47.3 Å². The summed E-state index contributed by atoms with van der Waals surface area (Å²) in [6, 6.07) is 6.73. The predicted octanol–water partition coefficient (Wildman–Crippen LogP) is 2.98. The standard InChI is InChI=1S/C28H41N5O6/c1-7-8-14-21(24(34)25(35)29-17(2)20-12-10-9-11-13-20)33(27(37)38)22-15-32(16-28(22,5)6)26(36)30-23-18(3)31-39-19(23)4/h9-13,17,21-22,24,34H,7-8,14-16H2,1-6H3,(H,29,35)(H,30,36)(H,37,38)/p-1/t17-,21+,22-,24?/m1/s1. The van der Waals surface area contributed by atoms with Crippen LogP contribution in [0.15, 0.2) is 34.9 Å². The Kier molecular flexibility index (Phi) is 9.60. The van der Waals surface area contributed by atoms with Crippen LogP contribution in [0.4, 0.5) is 15.3 Å². The van der Waals surface area contributed by atoms with Gasteiger partial charge >= 0.3 is 6.03 Å². The molecule has 0 bridgehead atoms. The molecule has 0 aliphatic carbocycles. The Morgan fingerprint density at radius 1 is 1.26 bits per heavy atom. The molecule has 11 nitrogen and oxygen atoms in total. The summed E-state index contributed by atoms with van der Waals surface area (Å²) in [5.74, 6) is -0.201. The summed E-state index contributed by atoms with van der Waals surface area (Å²) < 4.78 is 5.12. The Hall–Kier alpha value is -3.60. The van der Waals surface area contributed by atoms with Crippen molar-refractivity contribution in [1.82, 2.24) is 20.3 Å². The molecule has 2 heterocycles. The van der Waals surface area contributed by atoms with Crippen molar-refractivity contribution >= 4 is 23.7 Å². The van der Waals surface area contributed by atoms with Crippen LogP contribution in [0, 0.1) is 19.3 Å². The lowest BCUT2D eigenvalue weighted by molar-refractivity contribution is -0.274. The number of nitrogens with one attached hydrogen (secondary N) is 2. The van der Waals surface area contributed by atoms with E-state index >= 15 is 0 Å². The molecule has 0 radical (unpaired) electrons. The molecule has 1 unspecified atom stereocenters. The van der Waals surface area contributed by atoms with Gasteiger partial charge in [-0.05, 0) is 32.8 Å². The largest absolute Gasteiger partial charge is 0.530 e. The minimum Gasteiger partial charge on any atom is -0.530 e. The van der Waals surface area contributed by atoms with Gasteiger partial charge in [-0.2, -0.15) is 0 Å². The summed E-state index contributed by atoms with van der Waals surface area (Å²) in [6.45, 7) is 11.2. The van der Waals surface area contributed by atoms with E-state index in [0.717, 1.165) is 16.9 Å². The molecular formula is C28H40N5O6-. The molecule has 4 atom stereocenters. The molecule has 1 aliphatic rings. The maximum absolute atomic E-state index is 13.2. The smallest absolute Gasteiger partial charge is 0.322 e. The number of benzene rings is 1. The molecule has 1 aromatic heterocycles. The molecule has 1 fully saturated rings. The van der Waals surface area contributed by atoms with Crippen LogP contribution in [0.25, 0.3) is 0 Å². The molecule has 2 aromatic rings. The summed E-state index contributed by atoms with van der Waals surface area (Å²) >= 11 is 0. The van der Waals surface area contributed by atoms with Gasteiger partial charge in [0, 0.05) is 18.5 Å². The topological polar surface area (TPSA) is 151 Å². The number of aliphatic hydroxyl groups is 1. The zero-order valence-electron chi connectivity index (χ0n) is 23.6. The molecule has 11 heteroatoms. The first-order valence-corrected chi connectivity index (χ1v) is 13.4. The van der Waals surface area contributed by atoms with Crippen molar-refractivity contribution in [3.8, 4) is 0 Å². The van der Waals surface area contributed by atoms with Gasteiger partial charge in [0.25, 0.3) is 5.91 Å². The first-order chi connectivity index (χ1) is 18.4. The number of unbranched alkanes of at least 4 members (excludes halogenated alkanes) is 1. The van der Waals surface area contributed by atoms with E-state index in [9.17, 15) is 24.6 Å². The summed E-state index contributed by atoms with van der Waals surface area (Å²) in [6.07, 6.45) is -1.52. The van der Waals surface area contributed by atoms with Crippen molar-refractivity contribution in [2.24, 2.45) is 5.41 Å². The molecule has 39 heavy (non-hydrogen) atoms. The Bertz CT molecular complexity index is 1130. The number of carbonyl (C=O) groups is 3. The predicted molar refractivity (Wildman–Crippen MR) is 144 cm³/mol. The van der Waals surface area contributed by atoms with Crippen LogP contribution < -0.4 is 15.7 Å². The number of rotatable bonds is 10. The minimum atomic E-state index is -1.62. The van der Waals surface area contributed by atoms with Crippen molar-refractivity contribution < 1.29 is 29.1 Å². The van der Waals surface area contributed by atoms with Crippen LogP contribution in [-0.4, -0.2) is 69.4 Å². The third-order valence-electron chi connectivity index (χ3n) is 7.50. The lowest BCUT2D eigenvalue weighted by atomic mass is 9.85. The number of hydrogen-bond acceptors (Lipinski definition) is 7. The highest BCUT2D eigenvalue weighted by Gasteiger charge is 2.48. The third-order valence-corrected chi connectivity index (χ3v) is 7.50. The Morgan fingerprint density at radius 3 is 2.49 bits per heavy atom. The van der Waals surface area contributed by atoms with Gasteiger partial charge in [-0.1, -0.05) is 69.1 Å². The van der Waals surface area contributed by atoms with E-state index in [1.165, 1.54) is 4.90 Å². The average molecular weight is 543 g/mol. The summed E-state index contributed by atoms with van der Waals surface area (Å²) in [5, 5.41) is 33.3. The number of carboxylic acid groups (broad SMARTS) is 1. The number of aryl methyl sites for hydroxylation is 2. The van der Waals surface area contributed by atoms with Gasteiger partial charge < -0.3 is 40.0 Å². The van der Waals surface area contributed by atoms with Crippen molar-refractivity contribution in [2.75, 3.05) is 18.4 Å². The highest BCUT2D eigenvalue weighted by atomic mass is 16.5. The Morgan fingerprint density at radius 2 is 1.92 bits per heavy atom. The fourth-order valence-corrected chi connectivity index (χ4v) is 5.24. The maximum Gasteiger partial charge on any atom is 0.322 e. The van der Waals surface area contributed by atoms with Gasteiger partial charge in [0.2, 0.25) is 0 Å². The van der Waals surface area contributed by atoms with E-state index in [1.807, 2.05) is 51.1 Å². The Balaban J connectivity index is 1.82. The van der Waals surface area contributed by atoms with Gasteiger partial charge in [-0.25, -0.2) is 4.79 Å². The second-order valence-corrected chi connectivity index (χ2v) is 11.0. The number of anilines is 1. The van der Waals surface area contributed by atoms with Crippen molar-refractivity contribution in [1.29, 1.82) is 0 Å². The number of amides is 4. The second kappa shape index (κ2) is 12.5. The zero-order chi connectivity index (χ0) is 28.9. The number of likely N-dealkylation sites (tertiary alicyclic amines) is 1. The molecule has 3 rings (SSSR count). The molecule has 1 aromatic carbocycles. The van der Waals surface area contributed by atoms with Crippen LogP contribution in [0.3, 0.4) is 0 Å². The number of carbonyl (C=O) groups excluding carboxylic acids is 3. The molecule has 1 saturated heterocycles. The maximum atomic E-state index is 13.2. The minimum absolute atomic E-state index is 0.0631. The van der Waals surface area contributed by atoms with Crippen LogP contribution >= 0.6 is 0 Å². The van der Waals surface area contributed by atoms with E-state index in [2.05, 4.69) is 15.8 Å². The first kappa shape index (κ1) is 29.9. The van der Waals surface area contributed by atoms with Crippen LogP contribution in [0.5, 0.6) is 0 Å². The molecule has 0 saturated carbocycles. The monoisotopic (exact) mass is 542 g/mol. The van der Waals surface area contributed by atoms with Gasteiger partial charge in [0.1, 0.15) is 17.5 Å². The van der Waals surface area contributed by atoms with Crippen molar-refractivity contribution in [3.63, 3.8) is 0 Å². The summed E-state index contributed by atoms with van der Waals surface area (Å²) in [7, 11) is 0. The second-order valence-electron chi connectivity index (χ2n) is 11.0. The number of nitrogens with zero attached hydrogens (tertiary/aromatic N) is 3. The van der Waals surface area contributed by atoms with Gasteiger partial charge in [-0.15, -0.1) is 0 Å². The molecule has 4 amide bonds. The zero-order valence-corrected chi connectivity index (χ0v) is 23.6. The van der Waals surface area contributed by atoms with Crippen LogP contribution in [-0.2, 0) is 4.79 Å². The normalized spacial score (nSPS) is 18.7. The third kappa shape index (κ3) is 6.89. The fourth-order valence-electron chi connectivity index (χ4n) is 5.24. The SMILES string of the molecule is CCCC[C@@H](C(O)C(=O)N[C@H](C)c1ccccc1)N(C(=O)[O-])[C@@H]1CN(C(=O)Nc2c(C)noc2C)CC1(C)C. The van der Waals surface area contributed by atoms with Gasteiger partial charge in [0.15, 0.2) is 11.9 Å². The van der Waals surface area contributed by atoms with E-state index in [4.69, 9.17) is 4.52 Å². The van der Waals surface area contributed by atoms with E-state index in [0.29, 0.717) is 23.6 Å². The van der Waals surface area contributed by atoms with Crippen LogP contribution in [0.2, 0.25) is 0 Å². The van der Waals surface area contributed by atoms with E-state index in [-0.39, 0.29) is 25.6 Å².